The van der Waals surface area contributed by atoms with E-state index in [4.69, 9.17) is 29.5 Å². The average Bonchev–Trinajstić information content (AvgIpc) is 3.27. The van der Waals surface area contributed by atoms with Gasteiger partial charge >= 0.3 is 0 Å². The van der Waals surface area contributed by atoms with Crippen molar-refractivity contribution in [3.8, 4) is 16.9 Å². The van der Waals surface area contributed by atoms with Crippen molar-refractivity contribution in [2.75, 3.05) is 0 Å². The Balaban J connectivity index is 1.85. The van der Waals surface area contributed by atoms with Crippen LogP contribution in [0, 0.1) is 23.4 Å². The molecule has 0 saturated heterocycles. The topological polar surface area (TPSA) is 66.7 Å². The molecule has 0 fully saturated rings. The van der Waals surface area contributed by atoms with Crippen LogP contribution in [0.2, 0.25) is 0 Å². The largest absolute Gasteiger partial charge is 0.273 e. The van der Waals surface area contributed by atoms with Crippen LogP contribution in [0.5, 0.6) is 0 Å². The second-order valence-electron chi connectivity index (χ2n) is 6.43. The van der Waals surface area contributed by atoms with Gasteiger partial charge < -0.3 is 0 Å². The van der Waals surface area contributed by atoms with E-state index in [-0.39, 0.29) is 0 Å². The Morgan fingerprint density at radius 1 is 0.964 bits per heavy atom. The zero-order valence-corrected chi connectivity index (χ0v) is 17.0. The third-order valence-electron chi connectivity index (χ3n) is 4.52. The Morgan fingerprint density at radius 2 is 1.68 bits per heavy atom. The Labute approximate surface area is 172 Å². The number of aromatic nitrogens is 5. The smallest absolute Gasteiger partial charge is 0.215 e. The van der Waals surface area contributed by atoms with Crippen molar-refractivity contribution < 1.29 is 0 Å². The van der Waals surface area contributed by atoms with Gasteiger partial charge in [-0.3, -0.25) is 10.2 Å². The highest BCUT2D eigenvalue weighted by Gasteiger charge is 2.12. The van der Waals surface area contributed by atoms with Crippen LogP contribution in [0.25, 0.3) is 16.9 Å². The normalized spacial score (nSPS) is 11.4. The summed E-state index contributed by atoms with van der Waals surface area (Å²) in [4.78, 5) is 0. The highest BCUT2D eigenvalue weighted by molar-refractivity contribution is 7.72. The first-order chi connectivity index (χ1) is 13.5. The first-order valence-corrected chi connectivity index (χ1v) is 9.51. The number of aromatic amines is 2. The predicted molar refractivity (Wildman–Crippen MR) is 116 cm³/mol. The Morgan fingerprint density at radius 3 is 2.36 bits per heavy atom. The summed E-state index contributed by atoms with van der Waals surface area (Å²) in [7, 11) is 0. The van der Waals surface area contributed by atoms with Crippen LogP contribution in [0.3, 0.4) is 0 Å². The van der Waals surface area contributed by atoms with Gasteiger partial charge in [-0.1, -0.05) is 30.3 Å². The third kappa shape index (κ3) is 3.51. The molecule has 2 aromatic heterocycles. The molecule has 0 bridgehead atoms. The second-order valence-corrected chi connectivity index (χ2v) is 7.20. The van der Waals surface area contributed by atoms with Crippen molar-refractivity contribution >= 4 is 30.7 Å². The number of benzene rings is 2. The predicted octanol–water partition coefficient (Wildman–Crippen LogP) is 4.96. The molecule has 0 unspecified atom stereocenters. The summed E-state index contributed by atoms with van der Waals surface area (Å²) in [5, 5.41) is 14.8. The lowest BCUT2D eigenvalue weighted by molar-refractivity contribution is 0.848. The SMILES string of the molecule is Cc1ccc(-c2nn(-c3ccccc3)cc2/C=N\n2c(=S)[nH][nH]c2=S)cc1C. The molecule has 2 N–H and O–H groups in total. The van der Waals surface area contributed by atoms with Crippen molar-refractivity contribution in [3.05, 3.63) is 81.0 Å². The second kappa shape index (κ2) is 7.49. The first-order valence-electron chi connectivity index (χ1n) is 8.70. The number of nitrogens with one attached hydrogen (secondary N) is 2. The highest BCUT2D eigenvalue weighted by atomic mass is 32.1. The van der Waals surface area contributed by atoms with Crippen molar-refractivity contribution in [1.82, 2.24) is 24.7 Å². The van der Waals surface area contributed by atoms with Crippen LogP contribution in [0.15, 0.2) is 59.8 Å². The van der Waals surface area contributed by atoms with Crippen LogP contribution < -0.4 is 0 Å². The maximum atomic E-state index is 5.20. The molecule has 0 amide bonds. The zero-order valence-electron chi connectivity index (χ0n) is 15.4. The van der Waals surface area contributed by atoms with Gasteiger partial charge in [-0.15, -0.1) is 0 Å². The number of para-hydroxylation sites is 1. The molecule has 2 heterocycles. The average molecular weight is 407 g/mol. The molecule has 2 aromatic carbocycles. The molecule has 0 aliphatic heterocycles. The van der Waals surface area contributed by atoms with Gasteiger partial charge in [-0.05, 0) is 67.6 Å². The molecule has 28 heavy (non-hydrogen) atoms. The molecule has 0 saturated carbocycles. The number of H-pyrrole nitrogens is 2. The molecule has 6 nitrogen and oxygen atoms in total. The van der Waals surface area contributed by atoms with Gasteiger partial charge in [0.05, 0.1) is 11.9 Å². The minimum Gasteiger partial charge on any atom is -0.273 e. The van der Waals surface area contributed by atoms with Crippen molar-refractivity contribution in [3.63, 3.8) is 0 Å². The van der Waals surface area contributed by atoms with Crippen LogP contribution in [-0.4, -0.2) is 30.9 Å². The summed E-state index contributed by atoms with van der Waals surface area (Å²) in [5.41, 5.74) is 6.17. The molecular weight excluding hydrogens is 388 g/mol. The maximum absolute atomic E-state index is 5.20. The quantitative estimate of drug-likeness (QED) is 0.372. The Bertz CT molecular complexity index is 1250. The lowest BCUT2D eigenvalue weighted by atomic mass is 10.0. The van der Waals surface area contributed by atoms with E-state index < -0.39 is 0 Å². The standard InChI is InChI=1S/C20H18N6S2/c1-13-8-9-15(10-14(13)2)18-16(11-21-26-19(27)22-23-20(26)28)12-25(24-18)17-6-4-3-5-7-17/h3-12H,1-2H3,(H,22,27)(H,23,28)/b21-11-. The molecule has 0 aliphatic carbocycles. The van der Waals surface area contributed by atoms with Gasteiger partial charge in [-0.25, -0.2) is 4.68 Å². The van der Waals surface area contributed by atoms with Gasteiger partial charge in [0.2, 0.25) is 9.54 Å². The first kappa shape index (κ1) is 18.3. The highest BCUT2D eigenvalue weighted by Crippen LogP contribution is 2.25. The van der Waals surface area contributed by atoms with E-state index >= 15 is 0 Å². The van der Waals surface area contributed by atoms with E-state index in [1.54, 1.807) is 6.21 Å². The number of rotatable bonds is 4. The van der Waals surface area contributed by atoms with Gasteiger partial charge in [0, 0.05) is 17.3 Å². The van der Waals surface area contributed by atoms with E-state index in [0.29, 0.717) is 9.54 Å². The van der Waals surface area contributed by atoms with Crippen LogP contribution in [0.1, 0.15) is 16.7 Å². The van der Waals surface area contributed by atoms with Crippen molar-refractivity contribution in [1.29, 1.82) is 0 Å². The van der Waals surface area contributed by atoms with Crippen LogP contribution in [0.4, 0.5) is 0 Å². The number of nitrogens with zero attached hydrogens (tertiary/aromatic N) is 4. The molecule has 0 spiro atoms. The minimum absolute atomic E-state index is 0.407. The van der Waals surface area contributed by atoms with Crippen LogP contribution in [-0.2, 0) is 0 Å². The van der Waals surface area contributed by atoms with E-state index in [1.807, 2.05) is 41.2 Å². The lowest BCUT2D eigenvalue weighted by Gasteiger charge is -2.04. The molecule has 4 rings (SSSR count). The summed E-state index contributed by atoms with van der Waals surface area (Å²) in [6, 6.07) is 16.3. The van der Waals surface area contributed by atoms with E-state index in [1.165, 1.54) is 15.8 Å². The number of hydrogen-bond acceptors (Lipinski definition) is 4. The molecule has 4 aromatic rings. The van der Waals surface area contributed by atoms with Crippen molar-refractivity contribution in [2.24, 2.45) is 5.10 Å². The van der Waals surface area contributed by atoms with Gasteiger partial charge in [0.15, 0.2) is 0 Å². The summed E-state index contributed by atoms with van der Waals surface area (Å²) >= 11 is 10.4. The summed E-state index contributed by atoms with van der Waals surface area (Å²) in [5.74, 6) is 0. The zero-order chi connectivity index (χ0) is 19.7. The van der Waals surface area contributed by atoms with Crippen molar-refractivity contribution in [2.45, 2.75) is 13.8 Å². The third-order valence-corrected chi connectivity index (χ3v) is 5.07. The summed E-state index contributed by atoms with van der Waals surface area (Å²) in [6.45, 7) is 4.19. The van der Waals surface area contributed by atoms with Crippen LogP contribution >= 0.6 is 24.4 Å². The fraction of sp³-hybridized carbons (Fsp3) is 0.100. The fourth-order valence-electron chi connectivity index (χ4n) is 2.84. The van der Waals surface area contributed by atoms with E-state index in [9.17, 15) is 0 Å². The summed E-state index contributed by atoms with van der Waals surface area (Å²) in [6.07, 6.45) is 3.68. The van der Waals surface area contributed by atoms with E-state index in [0.717, 1.165) is 22.5 Å². The summed E-state index contributed by atoms with van der Waals surface area (Å²) < 4.78 is 4.13. The molecule has 0 aliphatic rings. The fourth-order valence-corrected chi connectivity index (χ4v) is 3.27. The number of hydrogen-bond donors (Lipinski definition) is 2. The molecule has 140 valence electrons. The Kier molecular flexibility index (Phi) is 4.89. The molecule has 8 heteroatoms. The van der Waals surface area contributed by atoms with Gasteiger partial charge in [-0.2, -0.15) is 14.9 Å². The van der Waals surface area contributed by atoms with Gasteiger partial charge in [0.1, 0.15) is 5.69 Å². The maximum Gasteiger partial charge on any atom is 0.215 e. The molecule has 0 atom stereocenters. The molecule has 0 radical (unpaired) electrons. The van der Waals surface area contributed by atoms with E-state index in [2.05, 4.69) is 47.3 Å². The lowest BCUT2D eigenvalue weighted by Crippen LogP contribution is -1.94. The van der Waals surface area contributed by atoms with Gasteiger partial charge in [0.25, 0.3) is 0 Å². The minimum atomic E-state index is 0.407. The molecular formula is C20H18N6S2. The number of aryl methyl sites for hydroxylation is 2. The Hall–Kier alpha value is -3.10. The monoisotopic (exact) mass is 406 g/mol.